The second-order valence-corrected chi connectivity index (χ2v) is 6.88. The molecule has 1 aliphatic rings. The first-order valence-corrected chi connectivity index (χ1v) is 9.67. The Kier molecular flexibility index (Phi) is 5.69. The first-order valence-electron chi connectivity index (χ1n) is 9.67. The number of aromatic nitrogens is 2. The average molecular weight is 422 g/mol. The van der Waals surface area contributed by atoms with Gasteiger partial charge in [-0.15, -0.1) is 5.06 Å². The van der Waals surface area contributed by atoms with E-state index in [0.717, 1.165) is 5.56 Å². The number of hydrogen-bond acceptors (Lipinski definition) is 8. The maximum atomic E-state index is 12.2. The fourth-order valence-corrected chi connectivity index (χ4v) is 3.04. The van der Waals surface area contributed by atoms with Crippen molar-refractivity contribution < 1.29 is 28.4 Å². The summed E-state index contributed by atoms with van der Waals surface area (Å²) in [6.45, 7) is 0. The number of carbonyl (C=O) groups is 4. The number of imide groups is 1. The molecule has 10 nitrogen and oxygen atoms in total. The molecule has 0 radical (unpaired) electrons. The summed E-state index contributed by atoms with van der Waals surface area (Å²) in [5.74, 6) is -1.65. The Balaban J connectivity index is 1.29. The molecule has 158 valence electrons. The second-order valence-electron chi connectivity index (χ2n) is 6.88. The first-order chi connectivity index (χ1) is 15.0. The van der Waals surface area contributed by atoms with E-state index < -0.39 is 17.8 Å². The van der Waals surface area contributed by atoms with Crippen LogP contribution in [-0.4, -0.2) is 38.7 Å². The zero-order chi connectivity index (χ0) is 21.8. The van der Waals surface area contributed by atoms with Gasteiger partial charge in [0.15, 0.2) is 5.58 Å². The van der Waals surface area contributed by atoms with Gasteiger partial charge in [0.1, 0.15) is 5.52 Å². The van der Waals surface area contributed by atoms with Crippen LogP contribution in [0.15, 0.2) is 47.1 Å². The van der Waals surface area contributed by atoms with E-state index in [4.69, 9.17) is 9.25 Å². The van der Waals surface area contributed by atoms with Gasteiger partial charge >= 0.3 is 5.97 Å². The predicted octanol–water partition coefficient (Wildman–Crippen LogP) is 2.61. The first kappa shape index (κ1) is 20.2. The highest BCUT2D eigenvalue weighted by atomic mass is 16.7. The molecule has 3 heterocycles. The standard InChI is InChI=1S/C21H18N4O6/c26-17(2-1-3-20(29)31-25-18(27)6-7-19(25)28)23-14-4-5-15-16(12-14)30-21(24-15)13-8-10-22-11-9-13/h4-5,8-12H,1-3,6-7H2,(H,23,26). The number of pyridine rings is 1. The summed E-state index contributed by atoms with van der Waals surface area (Å²) in [5.41, 5.74) is 2.50. The van der Waals surface area contributed by atoms with E-state index in [1.807, 2.05) is 0 Å². The van der Waals surface area contributed by atoms with Gasteiger partial charge in [-0.05, 0) is 30.7 Å². The molecule has 0 spiro atoms. The number of nitrogens with one attached hydrogen (secondary N) is 1. The van der Waals surface area contributed by atoms with Crippen molar-refractivity contribution in [1.82, 2.24) is 15.0 Å². The highest BCUT2D eigenvalue weighted by Crippen LogP contribution is 2.26. The molecule has 0 unspecified atom stereocenters. The number of amides is 3. The zero-order valence-electron chi connectivity index (χ0n) is 16.4. The number of carbonyl (C=O) groups excluding carboxylic acids is 4. The minimum atomic E-state index is -0.733. The van der Waals surface area contributed by atoms with Gasteiger partial charge in [0, 0.05) is 55.4 Å². The van der Waals surface area contributed by atoms with Gasteiger partial charge in [-0.3, -0.25) is 19.4 Å². The molecule has 1 N–H and O–H groups in total. The number of nitrogens with zero attached hydrogens (tertiary/aromatic N) is 3. The number of benzene rings is 1. The number of fused-ring (bicyclic) bond motifs is 1. The van der Waals surface area contributed by atoms with E-state index in [1.165, 1.54) is 0 Å². The molecule has 0 atom stereocenters. The minimum absolute atomic E-state index is 0.0358. The molecule has 3 aromatic rings. The summed E-state index contributed by atoms with van der Waals surface area (Å²) in [7, 11) is 0. The smallest absolute Gasteiger partial charge is 0.333 e. The Morgan fingerprint density at radius 2 is 1.81 bits per heavy atom. The van der Waals surface area contributed by atoms with Crippen molar-refractivity contribution in [3.63, 3.8) is 0 Å². The van der Waals surface area contributed by atoms with Crippen molar-refractivity contribution in [2.75, 3.05) is 5.32 Å². The molecule has 1 aromatic carbocycles. The lowest BCUT2D eigenvalue weighted by Gasteiger charge is -2.12. The van der Waals surface area contributed by atoms with Crippen LogP contribution in [0.3, 0.4) is 0 Å². The molecule has 1 saturated heterocycles. The molecule has 0 bridgehead atoms. The van der Waals surface area contributed by atoms with E-state index in [0.29, 0.717) is 27.7 Å². The number of oxazole rings is 1. The highest BCUT2D eigenvalue weighted by molar-refractivity contribution is 6.01. The van der Waals surface area contributed by atoms with E-state index >= 15 is 0 Å². The Hall–Kier alpha value is -4.08. The number of hydrogen-bond donors (Lipinski definition) is 1. The maximum absolute atomic E-state index is 12.2. The lowest BCUT2D eigenvalue weighted by atomic mass is 10.2. The van der Waals surface area contributed by atoms with Gasteiger partial charge < -0.3 is 14.6 Å². The van der Waals surface area contributed by atoms with Gasteiger partial charge in [-0.2, -0.15) is 0 Å². The summed E-state index contributed by atoms with van der Waals surface area (Å²) in [5, 5.41) is 3.23. The second kappa shape index (κ2) is 8.74. The summed E-state index contributed by atoms with van der Waals surface area (Å²) in [6, 6.07) is 8.68. The largest absolute Gasteiger partial charge is 0.436 e. The van der Waals surface area contributed by atoms with Gasteiger partial charge in [0.05, 0.1) is 0 Å². The van der Waals surface area contributed by atoms with E-state index in [1.54, 1.807) is 42.7 Å². The van der Waals surface area contributed by atoms with Gasteiger partial charge in [-0.25, -0.2) is 9.78 Å². The van der Waals surface area contributed by atoms with Crippen LogP contribution in [0.2, 0.25) is 0 Å². The molecule has 1 fully saturated rings. The topological polar surface area (TPSA) is 132 Å². The minimum Gasteiger partial charge on any atom is -0.436 e. The molecule has 4 rings (SSSR count). The monoisotopic (exact) mass is 422 g/mol. The van der Waals surface area contributed by atoms with Crippen LogP contribution in [0, 0.1) is 0 Å². The number of rotatable bonds is 7. The third-order valence-electron chi connectivity index (χ3n) is 4.58. The molecule has 2 aromatic heterocycles. The predicted molar refractivity (Wildman–Crippen MR) is 107 cm³/mol. The van der Waals surface area contributed by atoms with Gasteiger partial charge in [-0.1, -0.05) is 0 Å². The number of hydroxylamine groups is 2. The van der Waals surface area contributed by atoms with Gasteiger partial charge in [0.25, 0.3) is 11.8 Å². The Bertz CT molecular complexity index is 1140. The van der Waals surface area contributed by atoms with Crippen LogP contribution in [0.4, 0.5) is 5.69 Å². The van der Waals surface area contributed by atoms with Crippen molar-refractivity contribution in [1.29, 1.82) is 0 Å². The van der Waals surface area contributed by atoms with E-state index in [9.17, 15) is 19.2 Å². The molecule has 0 saturated carbocycles. The van der Waals surface area contributed by atoms with Crippen LogP contribution < -0.4 is 5.32 Å². The third-order valence-corrected chi connectivity index (χ3v) is 4.58. The molecule has 0 aliphatic carbocycles. The Morgan fingerprint density at radius 1 is 1.06 bits per heavy atom. The summed E-state index contributed by atoms with van der Waals surface area (Å²) >= 11 is 0. The SMILES string of the molecule is O=C(CCCC(=O)ON1C(=O)CCC1=O)Nc1ccc2nc(-c3ccncc3)oc2c1. The van der Waals surface area contributed by atoms with Gasteiger partial charge in [0.2, 0.25) is 11.8 Å². The van der Waals surface area contributed by atoms with Crippen molar-refractivity contribution in [3.05, 3.63) is 42.7 Å². The summed E-state index contributed by atoms with van der Waals surface area (Å²) < 4.78 is 5.76. The quantitative estimate of drug-likeness (QED) is 0.575. The third kappa shape index (κ3) is 4.74. The van der Waals surface area contributed by atoms with Crippen LogP contribution >= 0.6 is 0 Å². The maximum Gasteiger partial charge on any atom is 0.333 e. The van der Waals surface area contributed by atoms with Crippen molar-refractivity contribution in [3.8, 4) is 11.5 Å². The Morgan fingerprint density at radius 3 is 2.55 bits per heavy atom. The van der Waals surface area contributed by atoms with Crippen LogP contribution in [0.25, 0.3) is 22.6 Å². The summed E-state index contributed by atoms with van der Waals surface area (Å²) in [6.07, 6.45) is 3.54. The van der Waals surface area contributed by atoms with Crippen molar-refractivity contribution in [2.45, 2.75) is 32.1 Å². The molecular weight excluding hydrogens is 404 g/mol. The van der Waals surface area contributed by atoms with Crippen molar-refractivity contribution >= 4 is 40.5 Å². The highest BCUT2D eigenvalue weighted by Gasteiger charge is 2.32. The lowest BCUT2D eigenvalue weighted by molar-refractivity contribution is -0.197. The fourth-order valence-electron chi connectivity index (χ4n) is 3.04. The molecule has 1 aliphatic heterocycles. The van der Waals surface area contributed by atoms with Crippen LogP contribution in [0.1, 0.15) is 32.1 Å². The Labute approximate surface area is 176 Å². The lowest BCUT2D eigenvalue weighted by Crippen LogP contribution is -2.32. The molecule has 3 amide bonds. The average Bonchev–Trinajstić information content (AvgIpc) is 3.32. The molecule has 10 heteroatoms. The summed E-state index contributed by atoms with van der Waals surface area (Å²) in [4.78, 5) is 59.9. The fraction of sp³-hybridized carbons (Fsp3) is 0.238. The van der Waals surface area contributed by atoms with Crippen LogP contribution in [0.5, 0.6) is 0 Å². The van der Waals surface area contributed by atoms with Crippen molar-refractivity contribution in [2.24, 2.45) is 0 Å². The normalized spacial score (nSPS) is 13.6. The van der Waals surface area contributed by atoms with E-state index in [-0.39, 0.29) is 38.0 Å². The number of anilines is 1. The molecule has 31 heavy (non-hydrogen) atoms. The molecular formula is C21H18N4O6. The van der Waals surface area contributed by atoms with E-state index in [2.05, 4.69) is 15.3 Å². The zero-order valence-corrected chi connectivity index (χ0v) is 16.4. The van der Waals surface area contributed by atoms with Crippen LogP contribution in [-0.2, 0) is 24.0 Å².